The fraction of sp³-hybridized carbons (Fsp3) is 1.00. The molecule has 3 unspecified atom stereocenters. The molecule has 1 saturated heterocycles. The summed E-state index contributed by atoms with van der Waals surface area (Å²) < 4.78 is 11.6. The molecule has 3 heteroatoms. The first-order valence-electron chi connectivity index (χ1n) is 7.23. The van der Waals surface area contributed by atoms with Crippen molar-refractivity contribution in [3.63, 3.8) is 0 Å². The highest BCUT2D eigenvalue weighted by molar-refractivity contribution is 4.73. The van der Waals surface area contributed by atoms with Crippen LogP contribution in [0.1, 0.15) is 52.4 Å². The van der Waals surface area contributed by atoms with Gasteiger partial charge < -0.3 is 15.2 Å². The summed E-state index contributed by atoms with van der Waals surface area (Å²) in [5.74, 6) is 0.724. The third kappa shape index (κ3) is 5.84. The molecule has 0 bridgehead atoms. The maximum absolute atomic E-state index is 5.79. The monoisotopic (exact) mass is 243 g/mol. The molecule has 0 radical (unpaired) electrons. The topological polar surface area (TPSA) is 44.5 Å². The van der Waals surface area contributed by atoms with Crippen LogP contribution in [0, 0.1) is 5.92 Å². The maximum atomic E-state index is 5.79. The minimum atomic E-state index is 0.269. The maximum Gasteiger partial charge on any atom is 0.0813 e. The van der Waals surface area contributed by atoms with Crippen molar-refractivity contribution in [1.29, 1.82) is 0 Å². The van der Waals surface area contributed by atoms with E-state index >= 15 is 0 Å². The molecule has 1 rings (SSSR count). The van der Waals surface area contributed by atoms with Crippen molar-refractivity contribution in [2.75, 3.05) is 19.8 Å². The molecule has 102 valence electrons. The van der Waals surface area contributed by atoms with Crippen molar-refractivity contribution in [2.45, 2.75) is 64.6 Å². The molecule has 0 saturated carbocycles. The highest BCUT2D eigenvalue weighted by Gasteiger charge is 2.24. The molecule has 0 amide bonds. The van der Waals surface area contributed by atoms with Crippen LogP contribution in [-0.4, -0.2) is 32.0 Å². The molecule has 2 N–H and O–H groups in total. The Morgan fingerprint density at radius 1 is 1.29 bits per heavy atom. The van der Waals surface area contributed by atoms with Crippen molar-refractivity contribution < 1.29 is 9.47 Å². The van der Waals surface area contributed by atoms with Gasteiger partial charge in [-0.05, 0) is 25.2 Å². The summed E-state index contributed by atoms with van der Waals surface area (Å²) in [6.45, 7) is 6.78. The van der Waals surface area contributed by atoms with Gasteiger partial charge in [-0.3, -0.25) is 0 Å². The smallest absolute Gasteiger partial charge is 0.0813 e. The van der Waals surface area contributed by atoms with Crippen LogP contribution in [0.3, 0.4) is 0 Å². The van der Waals surface area contributed by atoms with E-state index in [0.29, 0.717) is 6.54 Å². The molecular formula is C14H29NO2. The Hall–Kier alpha value is -0.120. The molecule has 1 aliphatic rings. The average Bonchev–Trinajstić information content (AvgIpc) is 2.81. The Morgan fingerprint density at radius 2 is 2.06 bits per heavy atom. The molecule has 0 aromatic rings. The Kier molecular flexibility index (Phi) is 7.82. The molecule has 3 nitrogen and oxygen atoms in total. The second-order valence-corrected chi connectivity index (χ2v) is 5.15. The van der Waals surface area contributed by atoms with Crippen LogP contribution >= 0.6 is 0 Å². The third-order valence-electron chi connectivity index (χ3n) is 3.66. The second kappa shape index (κ2) is 8.90. The lowest BCUT2D eigenvalue weighted by Crippen LogP contribution is -2.23. The lowest BCUT2D eigenvalue weighted by Gasteiger charge is -2.17. The summed E-state index contributed by atoms with van der Waals surface area (Å²) in [7, 11) is 0. The number of nitrogens with two attached hydrogens (primary N) is 1. The number of ether oxygens (including phenoxy) is 2. The van der Waals surface area contributed by atoms with Crippen LogP contribution in [0.2, 0.25) is 0 Å². The fourth-order valence-electron chi connectivity index (χ4n) is 2.34. The summed E-state index contributed by atoms with van der Waals surface area (Å²) in [5.41, 5.74) is 5.58. The number of hydrogen-bond acceptors (Lipinski definition) is 3. The summed E-state index contributed by atoms with van der Waals surface area (Å²) >= 11 is 0. The van der Waals surface area contributed by atoms with Crippen molar-refractivity contribution in [1.82, 2.24) is 0 Å². The van der Waals surface area contributed by atoms with Crippen molar-refractivity contribution in [3.05, 3.63) is 0 Å². The first kappa shape index (κ1) is 14.9. The summed E-state index contributed by atoms with van der Waals surface area (Å²) in [6.07, 6.45) is 7.86. The lowest BCUT2D eigenvalue weighted by molar-refractivity contribution is -0.0210. The van der Waals surface area contributed by atoms with Gasteiger partial charge in [-0.1, -0.05) is 33.1 Å². The van der Waals surface area contributed by atoms with Crippen LogP contribution in [0.5, 0.6) is 0 Å². The SMILES string of the molecule is CCCCC(CC)COCC1CCC(CN)O1. The van der Waals surface area contributed by atoms with Crippen LogP contribution in [0.4, 0.5) is 0 Å². The molecular weight excluding hydrogens is 214 g/mol. The van der Waals surface area contributed by atoms with E-state index < -0.39 is 0 Å². The molecule has 0 aliphatic carbocycles. The van der Waals surface area contributed by atoms with E-state index in [-0.39, 0.29) is 12.2 Å². The first-order valence-corrected chi connectivity index (χ1v) is 7.23. The van der Waals surface area contributed by atoms with E-state index in [1.54, 1.807) is 0 Å². The normalized spacial score (nSPS) is 26.3. The van der Waals surface area contributed by atoms with Gasteiger partial charge in [0.15, 0.2) is 0 Å². The number of unbranched alkanes of at least 4 members (excludes halogenated alkanes) is 1. The van der Waals surface area contributed by atoms with Gasteiger partial charge in [0.2, 0.25) is 0 Å². The zero-order valence-corrected chi connectivity index (χ0v) is 11.5. The van der Waals surface area contributed by atoms with Gasteiger partial charge in [0.25, 0.3) is 0 Å². The fourth-order valence-corrected chi connectivity index (χ4v) is 2.34. The van der Waals surface area contributed by atoms with Crippen LogP contribution < -0.4 is 5.73 Å². The molecule has 1 heterocycles. The van der Waals surface area contributed by atoms with Crippen LogP contribution in [0.25, 0.3) is 0 Å². The van der Waals surface area contributed by atoms with Gasteiger partial charge >= 0.3 is 0 Å². The van der Waals surface area contributed by atoms with E-state index in [0.717, 1.165) is 32.0 Å². The van der Waals surface area contributed by atoms with Gasteiger partial charge in [-0.25, -0.2) is 0 Å². The Balaban J connectivity index is 2.06. The summed E-state index contributed by atoms with van der Waals surface area (Å²) in [4.78, 5) is 0. The molecule has 1 fully saturated rings. The zero-order valence-electron chi connectivity index (χ0n) is 11.5. The molecule has 17 heavy (non-hydrogen) atoms. The van der Waals surface area contributed by atoms with Crippen LogP contribution in [-0.2, 0) is 9.47 Å². The Labute approximate surface area is 106 Å². The predicted octanol–water partition coefficient (Wildman–Crippen LogP) is 2.73. The summed E-state index contributed by atoms with van der Waals surface area (Å²) in [5, 5.41) is 0. The van der Waals surface area contributed by atoms with E-state index in [4.69, 9.17) is 15.2 Å². The Bertz CT molecular complexity index is 185. The Morgan fingerprint density at radius 3 is 2.65 bits per heavy atom. The lowest BCUT2D eigenvalue weighted by atomic mass is 10.0. The minimum Gasteiger partial charge on any atom is -0.378 e. The quantitative estimate of drug-likeness (QED) is 0.677. The predicted molar refractivity (Wildman–Crippen MR) is 71.1 cm³/mol. The number of rotatable bonds is 9. The number of hydrogen-bond donors (Lipinski definition) is 1. The van der Waals surface area contributed by atoms with Crippen molar-refractivity contribution in [3.8, 4) is 0 Å². The van der Waals surface area contributed by atoms with Gasteiger partial charge in [0.05, 0.1) is 18.8 Å². The second-order valence-electron chi connectivity index (χ2n) is 5.15. The molecule has 0 spiro atoms. The molecule has 0 aromatic heterocycles. The zero-order chi connectivity index (χ0) is 12.5. The van der Waals surface area contributed by atoms with Gasteiger partial charge in [-0.15, -0.1) is 0 Å². The molecule has 0 aromatic carbocycles. The highest BCUT2D eigenvalue weighted by atomic mass is 16.5. The van der Waals surface area contributed by atoms with Gasteiger partial charge in [0, 0.05) is 13.2 Å². The standard InChI is InChI=1S/C14H29NO2/c1-3-5-6-12(4-2)10-16-11-14-8-7-13(9-15)17-14/h12-14H,3-11,15H2,1-2H3. The van der Waals surface area contributed by atoms with E-state index in [1.165, 1.54) is 25.7 Å². The highest BCUT2D eigenvalue weighted by Crippen LogP contribution is 2.20. The summed E-state index contributed by atoms with van der Waals surface area (Å²) in [6, 6.07) is 0. The minimum absolute atomic E-state index is 0.269. The van der Waals surface area contributed by atoms with E-state index in [1.807, 2.05) is 0 Å². The van der Waals surface area contributed by atoms with Crippen molar-refractivity contribution in [2.24, 2.45) is 11.7 Å². The van der Waals surface area contributed by atoms with E-state index in [2.05, 4.69) is 13.8 Å². The van der Waals surface area contributed by atoms with Gasteiger partial charge in [-0.2, -0.15) is 0 Å². The van der Waals surface area contributed by atoms with Crippen molar-refractivity contribution >= 4 is 0 Å². The van der Waals surface area contributed by atoms with Crippen LogP contribution in [0.15, 0.2) is 0 Å². The average molecular weight is 243 g/mol. The third-order valence-corrected chi connectivity index (χ3v) is 3.66. The van der Waals surface area contributed by atoms with Gasteiger partial charge in [0.1, 0.15) is 0 Å². The van der Waals surface area contributed by atoms with E-state index in [9.17, 15) is 0 Å². The molecule has 3 atom stereocenters. The molecule has 1 aliphatic heterocycles. The first-order chi connectivity index (χ1) is 8.30. The largest absolute Gasteiger partial charge is 0.378 e.